The summed E-state index contributed by atoms with van der Waals surface area (Å²) in [5, 5.41) is 7.11. The third kappa shape index (κ3) is 4.80. The van der Waals surface area contributed by atoms with E-state index in [1.54, 1.807) is 0 Å². The van der Waals surface area contributed by atoms with Crippen molar-refractivity contribution in [3.05, 3.63) is 27.2 Å². The fraction of sp³-hybridized carbons (Fsp3) is 0.789. The Morgan fingerprint density at radius 1 is 0.923 bits per heavy atom. The molecule has 2 fully saturated rings. The van der Waals surface area contributed by atoms with Gasteiger partial charge in [-0.05, 0) is 44.1 Å². The molecule has 0 amide bonds. The minimum atomic E-state index is 0. The molecule has 1 saturated carbocycles. The average molecular weight is 403 g/mol. The first-order chi connectivity index (χ1) is 11.8. The smallest absolute Gasteiger partial charge is 0.267 e. The van der Waals surface area contributed by atoms with Gasteiger partial charge in [0.05, 0.1) is 5.69 Å². The Morgan fingerprint density at radius 3 is 2.27 bits per heavy atom. The molecule has 4 rings (SSSR count). The predicted octanol–water partition coefficient (Wildman–Crippen LogP) is 2.60. The number of H-pyrrole nitrogens is 1. The zero-order valence-electron chi connectivity index (χ0n) is 15.5. The van der Waals surface area contributed by atoms with Gasteiger partial charge in [-0.3, -0.25) is 9.69 Å². The van der Waals surface area contributed by atoms with E-state index in [4.69, 9.17) is 0 Å². The van der Waals surface area contributed by atoms with Crippen LogP contribution in [-0.4, -0.2) is 58.8 Å². The minimum absolute atomic E-state index is 0. The summed E-state index contributed by atoms with van der Waals surface area (Å²) in [7, 11) is 0. The summed E-state index contributed by atoms with van der Waals surface area (Å²) in [6.07, 6.45) is 11.0. The molecule has 1 aromatic heterocycles. The zero-order chi connectivity index (χ0) is 16.4. The molecule has 0 spiro atoms. The molecule has 0 bridgehead atoms. The largest absolute Gasteiger partial charge is 0.300 e. The molecule has 0 unspecified atom stereocenters. The lowest BCUT2D eigenvalue weighted by Crippen LogP contribution is -2.50. The van der Waals surface area contributed by atoms with E-state index in [2.05, 4.69) is 20.0 Å². The second-order valence-corrected chi connectivity index (χ2v) is 7.73. The highest BCUT2D eigenvalue weighted by atomic mass is 35.5. The first-order valence-corrected chi connectivity index (χ1v) is 9.87. The van der Waals surface area contributed by atoms with E-state index in [9.17, 15) is 4.79 Å². The molecule has 2 heterocycles. The van der Waals surface area contributed by atoms with Gasteiger partial charge in [0.1, 0.15) is 0 Å². The van der Waals surface area contributed by atoms with Crippen LogP contribution in [0.3, 0.4) is 0 Å². The number of fused-ring (bicyclic) bond motifs is 1. The summed E-state index contributed by atoms with van der Waals surface area (Å²) in [6, 6.07) is 0.861. The number of nitrogens with one attached hydrogen (secondary N) is 1. The van der Waals surface area contributed by atoms with Gasteiger partial charge in [-0.2, -0.15) is 5.10 Å². The number of halogens is 2. The van der Waals surface area contributed by atoms with Gasteiger partial charge in [0.15, 0.2) is 0 Å². The molecular weight excluding hydrogens is 371 g/mol. The van der Waals surface area contributed by atoms with Crippen molar-refractivity contribution in [1.82, 2.24) is 20.0 Å². The third-order valence-electron chi connectivity index (χ3n) is 6.30. The summed E-state index contributed by atoms with van der Waals surface area (Å²) in [6.45, 7) is 5.89. The van der Waals surface area contributed by atoms with Crippen LogP contribution < -0.4 is 5.56 Å². The van der Waals surface area contributed by atoms with Gasteiger partial charge in [-0.15, -0.1) is 24.8 Å². The van der Waals surface area contributed by atoms with Crippen molar-refractivity contribution in [2.45, 2.75) is 63.8 Å². The number of nitrogens with zero attached hydrogens (tertiary/aromatic N) is 3. The first kappa shape index (κ1) is 21.7. The molecule has 1 N–H and O–H groups in total. The Hall–Kier alpha value is -0.620. The first-order valence-electron chi connectivity index (χ1n) is 9.87. The standard InChI is InChI=1S/C19H30N4O.2ClH/c24-19-17-8-4-3-7-16(17)18(20-21-19)9-10-22-11-13-23(14-12-22)15-5-1-2-6-15;;/h15H,1-14H2,(H,21,24);2*1H. The van der Waals surface area contributed by atoms with Crippen LogP contribution in [0, 0.1) is 0 Å². The Balaban J connectivity index is 0.00000121. The summed E-state index contributed by atoms with van der Waals surface area (Å²) < 4.78 is 0. The van der Waals surface area contributed by atoms with Crippen LogP contribution in [0.15, 0.2) is 4.79 Å². The number of hydrogen-bond acceptors (Lipinski definition) is 4. The van der Waals surface area contributed by atoms with Crippen LogP contribution in [0.25, 0.3) is 0 Å². The lowest BCUT2D eigenvalue weighted by molar-refractivity contribution is 0.0984. The van der Waals surface area contributed by atoms with Gasteiger partial charge in [-0.25, -0.2) is 5.10 Å². The number of rotatable bonds is 4. The van der Waals surface area contributed by atoms with Crippen LogP contribution in [0.1, 0.15) is 55.3 Å². The highest BCUT2D eigenvalue weighted by Gasteiger charge is 2.26. The zero-order valence-corrected chi connectivity index (χ0v) is 17.2. The third-order valence-corrected chi connectivity index (χ3v) is 6.30. The van der Waals surface area contributed by atoms with Crippen LogP contribution >= 0.6 is 24.8 Å². The van der Waals surface area contributed by atoms with Crippen molar-refractivity contribution in [1.29, 1.82) is 0 Å². The normalized spacial score (nSPS) is 21.7. The summed E-state index contributed by atoms with van der Waals surface area (Å²) >= 11 is 0. The Morgan fingerprint density at radius 2 is 1.58 bits per heavy atom. The Labute approximate surface area is 168 Å². The fourth-order valence-electron chi connectivity index (χ4n) is 4.82. The second kappa shape index (κ2) is 10.1. The van der Waals surface area contributed by atoms with Crippen molar-refractivity contribution in [3.8, 4) is 0 Å². The molecule has 0 radical (unpaired) electrons. The lowest BCUT2D eigenvalue weighted by Gasteiger charge is -2.38. The molecule has 1 saturated heterocycles. The molecule has 1 aromatic rings. The molecule has 26 heavy (non-hydrogen) atoms. The Kier molecular flexibility index (Phi) is 8.40. The van der Waals surface area contributed by atoms with Crippen molar-refractivity contribution in [3.63, 3.8) is 0 Å². The minimum Gasteiger partial charge on any atom is -0.300 e. The quantitative estimate of drug-likeness (QED) is 0.840. The monoisotopic (exact) mass is 402 g/mol. The number of aromatic amines is 1. The van der Waals surface area contributed by atoms with Gasteiger partial charge in [0.2, 0.25) is 0 Å². The van der Waals surface area contributed by atoms with Crippen molar-refractivity contribution in [2.75, 3.05) is 32.7 Å². The van der Waals surface area contributed by atoms with E-state index in [-0.39, 0.29) is 30.4 Å². The van der Waals surface area contributed by atoms with E-state index in [1.165, 1.54) is 63.8 Å². The van der Waals surface area contributed by atoms with Crippen LogP contribution in [0.2, 0.25) is 0 Å². The average Bonchev–Trinajstić information content (AvgIpc) is 3.17. The van der Waals surface area contributed by atoms with Crippen molar-refractivity contribution >= 4 is 24.8 Å². The van der Waals surface area contributed by atoms with Crippen molar-refractivity contribution in [2.24, 2.45) is 0 Å². The highest BCUT2D eigenvalue weighted by molar-refractivity contribution is 5.85. The maximum Gasteiger partial charge on any atom is 0.267 e. The predicted molar refractivity (Wildman–Crippen MR) is 110 cm³/mol. The molecule has 7 heteroatoms. The molecule has 1 aliphatic heterocycles. The van der Waals surface area contributed by atoms with Gasteiger partial charge in [-0.1, -0.05) is 12.8 Å². The van der Waals surface area contributed by atoms with E-state index in [0.29, 0.717) is 0 Å². The van der Waals surface area contributed by atoms with E-state index >= 15 is 0 Å². The van der Waals surface area contributed by atoms with Crippen molar-refractivity contribution < 1.29 is 0 Å². The topological polar surface area (TPSA) is 52.2 Å². The molecule has 5 nitrogen and oxygen atoms in total. The van der Waals surface area contributed by atoms with Crippen LogP contribution in [-0.2, 0) is 19.3 Å². The van der Waals surface area contributed by atoms with E-state index in [1.807, 2.05) is 0 Å². The molecule has 2 aliphatic carbocycles. The lowest BCUT2D eigenvalue weighted by atomic mass is 9.91. The van der Waals surface area contributed by atoms with Gasteiger partial charge in [0.25, 0.3) is 5.56 Å². The number of piperazine rings is 1. The van der Waals surface area contributed by atoms with E-state index < -0.39 is 0 Å². The fourth-order valence-corrected chi connectivity index (χ4v) is 4.82. The van der Waals surface area contributed by atoms with E-state index in [0.717, 1.165) is 49.5 Å². The van der Waals surface area contributed by atoms with Crippen LogP contribution in [0.4, 0.5) is 0 Å². The molecule has 0 atom stereocenters. The van der Waals surface area contributed by atoms with Gasteiger partial charge < -0.3 is 4.90 Å². The molecule has 148 valence electrons. The molecule has 0 aromatic carbocycles. The Bertz CT molecular complexity index is 622. The van der Waals surface area contributed by atoms with Crippen LogP contribution in [0.5, 0.6) is 0 Å². The van der Waals surface area contributed by atoms with Gasteiger partial charge in [0, 0.05) is 50.7 Å². The maximum absolute atomic E-state index is 11.9. The maximum atomic E-state index is 11.9. The van der Waals surface area contributed by atoms with Gasteiger partial charge >= 0.3 is 0 Å². The SMILES string of the molecule is Cl.Cl.O=c1[nH]nc(CCN2CCN(C3CCCC3)CC2)c2c1CCCC2. The highest BCUT2D eigenvalue weighted by Crippen LogP contribution is 2.24. The number of aromatic nitrogens is 2. The molecule has 3 aliphatic rings. The summed E-state index contributed by atoms with van der Waals surface area (Å²) in [5.74, 6) is 0. The summed E-state index contributed by atoms with van der Waals surface area (Å²) in [4.78, 5) is 17.2. The summed E-state index contributed by atoms with van der Waals surface area (Å²) in [5.41, 5.74) is 3.45. The second-order valence-electron chi connectivity index (χ2n) is 7.73. The molecular formula is C19H32Cl2N4O. The number of hydrogen-bond donors (Lipinski definition) is 1.